The Morgan fingerprint density at radius 3 is 2.33 bits per heavy atom. The lowest BCUT2D eigenvalue weighted by molar-refractivity contribution is 0.266. The number of benzene rings is 1. The number of nitrogens with one attached hydrogen (secondary N) is 1. The maximum atomic E-state index is 13.4. The first-order valence-electron chi connectivity index (χ1n) is 6.43. The molecule has 0 aromatic heterocycles. The molecular weight excluding hydrogens is 229 g/mol. The van der Waals surface area contributed by atoms with E-state index in [0.717, 1.165) is 31.5 Å². The average molecular weight is 251 g/mol. The molecule has 0 unspecified atom stereocenters. The van der Waals surface area contributed by atoms with Crippen LogP contribution in [0.15, 0.2) is 18.2 Å². The lowest BCUT2D eigenvalue weighted by atomic mass is 10.1. The Balaban J connectivity index is 2.84. The minimum atomic E-state index is -0.328. The molecule has 4 heteroatoms. The summed E-state index contributed by atoms with van der Waals surface area (Å²) in [5.74, 6) is -0.418. The molecule has 0 aliphatic rings. The maximum absolute atomic E-state index is 13.4. The van der Waals surface area contributed by atoms with Gasteiger partial charge < -0.3 is 5.73 Å². The van der Waals surface area contributed by atoms with Crippen LogP contribution in [0.25, 0.3) is 0 Å². The molecule has 1 rings (SSSR count). The number of nitrogens with zero attached hydrogens (tertiary/aromatic N) is 1. The molecule has 0 amide bonds. The molecule has 3 N–H and O–H groups in total. The highest BCUT2D eigenvalue weighted by Gasteiger charge is 2.07. The molecule has 1 aromatic rings. The van der Waals surface area contributed by atoms with Gasteiger partial charge in [0.25, 0.3) is 0 Å². The number of amidine groups is 1. The maximum Gasteiger partial charge on any atom is 0.124 e. The topological polar surface area (TPSA) is 53.1 Å². The zero-order valence-electron chi connectivity index (χ0n) is 11.2. The predicted molar refractivity (Wildman–Crippen MR) is 73.3 cm³/mol. The number of rotatable bonds is 7. The van der Waals surface area contributed by atoms with Crippen molar-refractivity contribution in [2.75, 3.05) is 13.1 Å². The fourth-order valence-electron chi connectivity index (χ4n) is 2.06. The van der Waals surface area contributed by atoms with Crippen LogP contribution in [0.5, 0.6) is 0 Å². The van der Waals surface area contributed by atoms with Crippen molar-refractivity contribution in [2.24, 2.45) is 5.73 Å². The second kappa shape index (κ2) is 7.11. The Kier molecular flexibility index (Phi) is 5.78. The van der Waals surface area contributed by atoms with Gasteiger partial charge in [-0.3, -0.25) is 10.3 Å². The van der Waals surface area contributed by atoms with Crippen molar-refractivity contribution >= 4 is 5.84 Å². The SMILES string of the molecule is CCCN(CCC)Cc1cc(F)cc(C(=N)N)c1. The standard InChI is InChI=1S/C14H22FN3/c1-3-5-18(6-4-2)10-11-7-12(14(16)17)9-13(15)8-11/h7-9H,3-6,10H2,1-2H3,(H3,16,17). The highest BCUT2D eigenvalue weighted by molar-refractivity contribution is 5.95. The quantitative estimate of drug-likeness (QED) is 0.578. The lowest BCUT2D eigenvalue weighted by Gasteiger charge is -2.21. The van der Waals surface area contributed by atoms with Crippen molar-refractivity contribution in [2.45, 2.75) is 33.2 Å². The minimum Gasteiger partial charge on any atom is -0.384 e. The second-order valence-electron chi connectivity index (χ2n) is 4.54. The van der Waals surface area contributed by atoms with Crippen molar-refractivity contribution in [3.8, 4) is 0 Å². The summed E-state index contributed by atoms with van der Waals surface area (Å²) in [6.45, 7) is 6.98. The van der Waals surface area contributed by atoms with Gasteiger partial charge in [0.15, 0.2) is 0 Å². The lowest BCUT2D eigenvalue weighted by Crippen LogP contribution is -2.25. The van der Waals surface area contributed by atoms with Gasteiger partial charge >= 0.3 is 0 Å². The van der Waals surface area contributed by atoms with Crippen LogP contribution in [0, 0.1) is 11.2 Å². The van der Waals surface area contributed by atoms with E-state index in [-0.39, 0.29) is 11.7 Å². The zero-order chi connectivity index (χ0) is 13.5. The molecule has 0 bridgehead atoms. The first kappa shape index (κ1) is 14.6. The third-order valence-corrected chi connectivity index (χ3v) is 2.75. The van der Waals surface area contributed by atoms with Crippen LogP contribution in [0.3, 0.4) is 0 Å². The molecule has 0 aliphatic carbocycles. The van der Waals surface area contributed by atoms with E-state index >= 15 is 0 Å². The molecular formula is C14H22FN3. The van der Waals surface area contributed by atoms with Crippen LogP contribution < -0.4 is 5.73 Å². The smallest absolute Gasteiger partial charge is 0.124 e. The van der Waals surface area contributed by atoms with Crippen LogP contribution in [0.1, 0.15) is 37.8 Å². The Bertz CT molecular complexity index is 398. The van der Waals surface area contributed by atoms with Crippen LogP contribution in [0.4, 0.5) is 4.39 Å². The number of halogens is 1. The summed E-state index contributed by atoms with van der Waals surface area (Å²) >= 11 is 0. The summed E-state index contributed by atoms with van der Waals surface area (Å²) in [4.78, 5) is 2.29. The summed E-state index contributed by atoms with van der Waals surface area (Å²) in [6.07, 6.45) is 2.16. The van der Waals surface area contributed by atoms with Gasteiger partial charge in [-0.1, -0.05) is 13.8 Å². The third-order valence-electron chi connectivity index (χ3n) is 2.75. The molecule has 0 atom stereocenters. The number of hydrogen-bond acceptors (Lipinski definition) is 2. The first-order valence-corrected chi connectivity index (χ1v) is 6.43. The van der Waals surface area contributed by atoms with Gasteiger partial charge in [0.1, 0.15) is 11.7 Å². The molecule has 0 saturated heterocycles. The summed E-state index contributed by atoms with van der Waals surface area (Å²) in [5.41, 5.74) is 6.74. The largest absolute Gasteiger partial charge is 0.384 e. The van der Waals surface area contributed by atoms with Crippen LogP contribution in [-0.2, 0) is 6.54 Å². The fraction of sp³-hybridized carbons (Fsp3) is 0.500. The summed E-state index contributed by atoms with van der Waals surface area (Å²) in [5, 5.41) is 7.37. The highest BCUT2D eigenvalue weighted by atomic mass is 19.1. The van der Waals surface area contributed by atoms with Crippen molar-refractivity contribution in [3.63, 3.8) is 0 Å². The predicted octanol–water partition coefficient (Wildman–Crippen LogP) is 2.73. The van der Waals surface area contributed by atoms with E-state index in [1.54, 1.807) is 6.07 Å². The van der Waals surface area contributed by atoms with E-state index < -0.39 is 0 Å². The van der Waals surface area contributed by atoms with Crippen LogP contribution in [-0.4, -0.2) is 23.8 Å². The van der Waals surface area contributed by atoms with Gasteiger partial charge in [0.2, 0.25) is 0 Å². The van der Waals surface area contributed by atoms with Crippen LogP contribution >= 0.6 is 0 Å². The Morgan fingerprint density at radius 1 is 1.22 bits per heavy atom. The van der Waals surface area contributed by atoms with Crippen LogP contribution in [0.2, 0.25) is 0 Å². The molecule has 0 fully saturated rings. The van der Waals surface area contributed by atoms with E-state index in [1.165, 1.54) is 12.1 Å². The molecule has 0 spiro atoms. The molecule has 0 saturated carbocycles. The molecule has 0 heterocycles. The van der Waals surface area contributed by atoms with E-state index in [2.05, 4.69) is 18.7 Å². The molecule has 0 aliphatic heterocycles. The highest BCUT2D eigenvalue weighted by Crippen LogP contribution is 2.12. The third kappa shape index (κ3) is 4.45. The van der Waals surface area contributed by atoms with Gasteiger partial charge in [-0.2, -0.15) is 0 Å². The van der Waals surface area contributed by atoms with Gasteiger partial charge in [-0.15, -0.1) is 0 Å². The second-order valence-corrected chi connectivity index (χ2v) is 4.54. The van der Waals surface area contributed by atoms with E-state index in [4.69, 9.17) is 11.1 Å². The van der Waals surface area contributed by atoms with Gasteiger partial charge in [0.05, 0.1) is 0 Å². The first-order chi connectivity index (χ1) is 8.56. The van der Waals surface area contributed by atoms with Gasteiger partial charge in [-0.05, 0) is 49.7 Å². The Labute approximate surface area is 108 Å². The van der Waals surface area contributed by atoms with Gasteiger partial charge in [-0.25, -0.2) is 4.39 Å². The number of nitrogen functional groups attached to an aromatic ring is 1. The molecule has 1 aromatic carbocycles. The monoisotopic (exact) mass is 251 g/mol. The van der Waals surface area contributed by atoms with E-state index in [9.17, 15) is 4.39 Å². The minimum absolute atomic E-state index is 0.0896. The summed E-state index contributed by atoms with van der Waals surface area (Å²) in [7, 11) is 0. The zero-order valence-corrected chi connectivity index (χ0v) is 11.2. The fourth-order valence-corrected chi connectivity index (χ4v) is 2.06. The van der Waals surface area contributed by atoms with E-state index in [1.807, 2.05) is 0 Å². The average Bonchev–Trinajstić information content (AvgIpc) is 2.28. The number of nitrogens with two attached hydrogens (primary N) is 1. The van der Waals surface area contributed by atoms with Crippen molar-refractivity contribution < 1.29 is 4.39 Å². The van der Waals surface area contributed by atoms with Crippen molar-refractivity contribution in [1.82, 2.24) is 4.90 Å². The normalized spacial score (nSPS) is 10.9. The van der Waals surface area contributed by atoms with Crippen molar-refractivity contribution in [3.05, 3.63) is 35.1 Å². The molecule has 3 nitrogen and oxygen atoms in total. The molecule has 100 valence electrons. The van der Waals surface area contributed by atoms with Crippen molar-refractivity contribution in [1.29, 1.82) is 5.41 Å². The Hall–Kier alpha value is -1.42. The van der Waals surface area contributed by atoms with E-state index in [0.29, 0.717) is 12.1 Å². The van der Waals surface area contributed by atoms with Gasteiger partial charge in [0, 0.05) is 12.1 Å². The number of hydrogen-bond donors (Lipinski definition) is 2. The molecule has 0 radical (unpaired) electrons. The Morgan fingerprint density at radius 2 is 1.83 bits per heavy atom. The summed E-state index contributed by atoms with van der Waals surface area (Å²) < 4.78 is 13.4. The summed E-state index contributed by atoms with van der Waals surface area (Å²) in [6, 6.07) is 4.62. The molecule has 18 heavy (non-hydrogen) atoms.